The van der Waals surface area contributed by atoms with Crippen LogP contribution in [0, 0.1) is 28.6 Å². The van der Waals surface area contributed by atoms with Gasteiger partial charge in [-0.15, -0.1) is 0 Å². The van der Waals surface area contributed by atoms with Crippen LogP contribution in [0.3, 0.4) is 0 Å². The highest BCUT2D eigenvalue weighted by atomic mass is 16.6. The predicted molar refractivity (Wildman–Crippen MR) is 304 cm³/mol. The van der Waals surface area contributed by atoms with E-state index in [2.05, 4.69) is 76.4 Å². The van der Waals surface area contributed by atoms with Crippen LogP contribution in [0.5, 0.6) is 0 Å². The van der Waals surface area contributed by atoms with Crippen molar-refractivity contribution in [3.8, 4) is 0 Å². The maximum atomic E-state index is 13.7. The first-order valence-electron chi connectivity index (χ1n) is 25.4. The molecule has 0 bridgehead atoms. The normalized spacial score (nSPS) is 10.8. The van der Waals surface area contributed by atoms with Gasteiger partial charge in [0.15, 0.2) is 0 Å². The van der Waals surface area contributed by atoms with Gasteiger partial charge in [-0.25, -0.2) is 57.5 Å². The highest BCUT2D eigenvalue weighted by molar-refractivity contribution is 5.90. The molecule has 0 atom stereocenters. The lowest BCUT2D eigenvalue weighted by Crippen LogP contribution is -2.47. The maximum Gasteiger partial charge on any atom is 0.411 e. The highest BCUT2D eigenvalue weighted by Gasteiger charge is 2.43. The lowest BCUT2D eigenvalue weighted by atomic mass is 9.90. The molecule has 0 saturated heterocycles. The molecule has 472 valence electrons. The number of rotatable bonds is 44. The van der Waals surface area contributed by atoms with Crippen molar-refractivity contribution < 1.29 is 124 Å². The number of esters is 10. The van der Waals surface area contributed by atoms with Crippen molar-refractivity contribution in [2.45, 2.75) is 6.92 Å². The van der Waals surface area contributed by atoms with Crippen LogP contribution in [0.1, 0.15) is 5.56 Å². The molecule has 1 aromatic carbocycles. The van der Waals surface area contributed by atoms with Gasteiger partial charge in [-0.05, 0) is 24.6 Å². The molecule has 28 nitrogen and oxygen atoms in total. The molecule has 0 fully saturated rings. The van der Waals surface area contributed by atoms with E-state index in [-0.39, 0.29) is 11.4 Å². The smallest absolute Gasteiger partial charge is 0.411 e. The second kappa shape index (κ2) is 39.3. The Labute approximate surface area is 501 Å². The first kappa shape index (κ1) is 74.8. The Morgan fingerprint density at radius 1 is 0.310 bits per heavy atom. The van der Waals surface area contributed by atoms with Crippen LogP contribution in [0.4, 0.5) is 21.0 Å². The quantitative estimate of drug-likeness (QED) is 0.0520. The molecule has 87 heavy (non-hydrogen) atoms. The average molecular weight is 1220 g/mol. The number of ether oxygens (including phenoxy) is 14. The van der Waals surface area contributed by atoms with Crippen molar-refractivity contribution in [3.63, 3.8) is 0 Å². The molecule has 0 heterocycles. The van der Waals surface area contributed by atoms with E-state index in [4.69, 9.17) is 66.3 Å². The summed E-state index contributed by atoms with van der Waals surface area (Å²) in [7, 11) is 0. The van der Waals surface area contributed by atoms with Gasteiger partial charge in [0.2, 0.25) is 0 Å². The van der Waals surface area contributed by atoms with E-state index in [1.165, 1.54) is 18.2 Å². The summed E-state index contributed by atoms with van der Waals surface area (Å²) in [5.74, 6) is -9.46. The van der Waals surface area contributed by atoms with Crippen molar-refractivity contribution >= 4 is 83.3 Å². The van der Waals surface area contributed by atoms with Crippen LogP contribution in [-0.4, -0.2) is 178 Å². The molecule has 2 amide bonds. The molecular formula is C59H70N2O26. The third-order valence-corrected chi connectivity index (χ3v) is 11.2. The molecule has 0 aromatic heterocycles. The molecule has 0 aliphatic carbocycles. The first-order valence-corrected chi connectivity index (χ1v) is 25.4. The van der Waals surface area contributed by atoms with Crippen molar-refractivity contribution in [3.05, 3.63) is 150 Å². The van der Waals surface area contributed by atoms with Crippen LogP contribution in [-0.2, 0) is 114 Å². The number of nitrogens with one attached hydrogen (secondary N) is 2. The number of benzene rings is 1. The van der Waals surface area contributed by atoms with E-state index in [9.17, 15) is 57.5 Å². The third-order valence-electron chi connectivity index (χ3n) is 11.2. The van der Waals surface area contributed by atoms with Crippen molar-refractivity contribution in [2.24, 2.45) is 21.7 Å². The number of aryl methyl sites for hydroxylation is 1. The molecule has 28 heteroatoms. The maximum absolute atomic E-state index is 13.7. The summed E-state index contributed by atoms with van der Waals surface area (Å²) in [6.45, 7) is 24.6. The molecule has 0 radical (unpaired) electrons. The van der Waals surface area contributed by atoms with E-state index in [1.54, 1.807) is 6.92 Å². The van der Waals surface area contributed by atoms with Gasteiger partial charge >= 0.3 is 71.9 Å². The fraction of sp³-hybridized carbons (Fsp3) is 0.356. The summed E-state index contributed by atoms with van der Waals surface area (Å²) in [5, 5.41) is 4.96. The van der Waals surface area contributed by atoms with E-state index < -0.39 is 199 Å². The lowest BCUT2D eigenvalue weighted by molar-refractivity contribution is -0.170. The summed E-state index contributed by atoms with van der Waals surface area (Å²) in [4.78, 5) is 150. The zero-order valence-corrected chi connectivity index (χ0v) is 48.0. The van der Waals surface area contributed by atoms with Crippen LogP contribution in [0.25, 0.3) is 0 Å². The van der Waals surface area contributed by atoms with Crippen molar-refractivity contribution in [1.29, 1.82) is 0 Å². The van der Waals surface area contributed by atoms with Crippen molar-refractivity contribution in [2.75, 3.05) is 116 Å². The first-order chi connectivity index (χ1) is 41.3. The van der Waals surface area contributed by atoms with Crippen molar-refractivity contribution in [1.82, 2.24) is 0 Å². The fourth-order valence-corrected chi connectivity index (χ4v) is 6.37. The second-order valence-corrected chi connectivity index (χ2v) is 18.5. The molecular weight excluding hydrogens is 1150 g/mol. The molecule has 2 N–H and O–H groups in total. The SMILES string of the molecule is C=CC(=O)OCC(COCC(COC(=O)C=C)(COC(=O)C=C)COC(=O)Nc1ccc(C)c(NC(=O)OCC(COCC(COC(=O)C=C)(COC(=O)C=C)COC(=O)C=C)(COC(=O)C=C)COC(=O)C=C)c1)(COC(=O)C=C)COC(=O)C=C. The van der Waals surface area contributed by atoms with Crippen LogP contribution < -0.4 is 10.6 Å². The van der Waals surface area contributed by atoms with Gasteiger partial charge in [0.1, 0.15) is 79.3 Å². The Kier molecular flexibility index (Phi) is 33.8. The van der Waals surface area contributed by atoms with Gasteiger partial charge in [0.25, 0.3) is 0 Å². The van der Waals surface area contributed by atoms with Gasteiger partial charge in [-0.3, -0.25) is 10.6 Å². The number of hydrogen-bond donors (Lipinski definition) is 2. The molecule has 0 spiro atoms. The number of carbonyl (C=O) groups excluding carboxylic acids is 12. The highest BCUT2D eigenvalue weighted by Crippen LogP contribution is 2.29. The van der Waals surface area contributed by atoms with Crippen LogP contribution >= 0.6 is 0 Å². The Bertz CT molecular complexity index is 2570. The van der Waals surface area contributed by atoms with Crippen LogP contribution in [0.15, 0.2) is 145 Å². The Balaban J connectivity index is 3.69. The van der Waals surface area contributed by atoms with Crippen LogP contribution in [0.2, 0.25) is 0 Å². The van der Waals surface area contributed by atoms with Gasteiger partial charge in [-0.2, -0.15) is 0 Å². The Morgan fingerprint density at radius 2 is 0.506 bits per heavy atom. The lowest BCUT2D eigenvalue weighted by Gasteiger charge is -2.35. The topological polar surface area (TPSA) is 358 Å². The molecule has 0 aliphatic rings. The van der Waals surface area contributed by atoms with Gasteiger partial charge in [0.05, 0.1) is 48.1 Å². The number of anilines is 2. The van der Waals surface area contributed by atoms with E-state index in [1.807, 2.05) is 0 Å². The fourth-order valence-electron chi connectivity index (χ4n) is 6.37. The third kappa shape index (κ3) is 29.2. The number of amides is 2. The predicted octanol–water partition coefficient (Wildman–Crippen LogP) is 4.36. The zero-order valence-electron chi connectivity index (χ0n) is 48.0. The molecule has 1 rings (SSSR count). The summed E-state index contributed by atoms with van der Waals surface area (Å²) < 4.78 is 76.0. The Morgan fingerprint density at radius 3 is 0.713 bits per heavy atom. The van der Waals surface area contributed by atoms with E-state index in [0.29, 0.717) is 5.56 Å². The largest absolute Gasteiger partial charge is 0.462 e. The van der Waals surface area contributed by atoms with Gasteiger partial charge in [0, 0.05) is 72.1 Å². The average Bonchev–Trinajstić information content (AvgIpc) is 3.74. The minimum atomic E-state index is -1.80. The summed E-state index contributed by atoms with van der Waals surface area (Å²) >= 11 is 0. The van der Waals surface area contributed by atoms with Gasteiger partial charge in [-0.1, -0.05) is 71.9 Å². The Hall–Kier alpha value is -10.2. The molecule has 0 saturated carbocycles. The monoisotopic (exact) mass is 1220 g/mol. The summed E-state index contributed by atoms with van der Waals surface area (Å²) in [5.41, 5.74) is -6.55. The van der Waals surface area contributed by atoms with E-state index in [0.717, 1.165) is 60.8 Å². The number of hydrogen-bond acceptors (Lipinski definition) is 26. The minimum Gasteiger partial charge on any atom is -0.462 e. The molecule has 1 aromatic rings. The number of carbonyl (C=O) groups is 12. The summed E-state index contributed by atoms with van der Waals surface area (Å²) in [6, 6.07) is 4.13. The zero-order chi connectivity index (χ0) is 65.5. The standard InChI is InChI=1S/C59H70N2O26/c1-12-44(62)76-29-56(30-77-45(63)13-2,31-78-46(64)14-3)25-74-27-58(35-82-50(68)18-7,36-83-51(69)19-8)39-86-54(72)60-42-23-22-41(11)43(24-42)61-55(73)87-40-59(37-84-52(70)20-9,38-85-53(71)21-10)28-75-26-57(32-79-47(65)15-4,33-80-48(66)16-5)34-81-49(67)17-6/h12-24H,1-10,25-40H2,11H3,(H,60,72)(H,61,73). The van der Waals surface area contributed by atoms with Gasteiger partial charge < -0.3 is 66.3 Å². The molecule has 0 aliphatic heterocycles. The minimum absolute atomic E-state index is 0.0175. The molecule has 0 unspecified atom stereocenters. The summed E-state index contributed by atoms with van der Waals surface area (Å²) in [6.07, 6.45) is 5.87. The van der Waals surface area contributed by atoms with E-state index >= 15 is 0 Å². The second-order valence-electron chi connectivity index (χ2n) is 18.5.